The quantitative estimate of drug-likeness (QED) is 0.793. The number of ether oxygens (including phenoxy) is 1. The van der Waals surface area contributed by atoms with E-state index < -0.39 is 0 Å². The summed E-state index contributed by atoms with van der Waals surface area (Å²) in [5.41, 5.74) is 1.23. The highest BCUT2D eigenvalue weighted by molar-refractivity contribution is 8.13. The van der Waals surface area contributed by atoms with Gasteiger partial charge >= 0.3 is 0 Å². The Morgan fingerprint density at radius 1 is 1.31 bits per heavy atom. The standard InChI is InChI=1S/C12H16N2OS/c1-2-4-11(5-3-1)10-15-8-9-16-12-13-6-7-14-12/h1-5H,6-10H2,(H,13,14). The summed E-state index contributed by atoms with van der Waals surface area (Å²) in [5, 5.41) is 4.28. The van der Waals surface area contributed by atoms with E-state index in [-0.39, 0.29) is 0 Å². The lowest BCUT2D eigenvalue weighted by molar-refractivity contribution is 0.136. The summed E-state index contributed by atoms with van der Waals surface area (Å²) in [4.78, 5) is 4.30. The summed E-state index contributed by atoms with van der Waals surface area (Å²) in [5.74, 6) is 0.957. The minimum absolute atomic E-state index is 0.696. The number of thioether (sulfide) groups is 1. The molecule has 1 N–H and O–H groups in total. The first-order valence-corrected chi connectivity index (χ1v) is 6.46. The number of benzene rings is 1. The summed E-state index contributed by atoms with van der Waals surface area (Å²) in [6.07, 6.45) is 0. The zero-order valence-electron chi connectivity index (χ0n) is 9.19. The third kappa shape index (κ3) is 3.87. The molecule has 4 heteroatoms. The molecule has 0 amide bonds. The van der Waals surface area contributed by atoms with Crippen molar-refractivity contribution in [2.24, 2.45) is 4.99 Å². The van der Waals surface area contributed by atoms with Crippen molar-refractivity contribution in [3.05, 3.63) is 35.9 Å². The molecule has 86 valence electrons. The number of rotatable bonds is 5. The van der Waals surface area contributed by atoms with E-state index in [1.165, 1.54) is 5.56 Å². The van der Waals surface area contributed by atoms with Gasteiger partial charge in [-0.05, 0) is 5.56 Å². The van der Waals surface area contributed by atoms with E-state index in [2.05, 4.69) is 22.4 Å². The number of amidine groups is 1. The van der Waals surface area contributed by atoms with E-state index in [0.29, 0.717) is 6.61 Å². The summed E-state index contributed by atoms with van der Waals surface area (Å²) < 4.78 is 5.58. The minimum atomic E-state index is 0.696. The first kappa shape index (κ1) is 11.5. The van der Waals surface area contributed by atoms with Crippen LogP contribution in [0.1, 0.15) is 5.56 Å². The molecule has 0 radical (unpaired) electrons. The molecule has 0 fully saturated rings. The SMILES string of the molecule is c1ccc(COCCSC2=NCCN2)cc1. The molecule has 0 aromatic heterocycles. The normalized spacial score (nSPS) is 14.6. The van der Waals surface area contributed by atoms with E-state index >= 15 is 0 Å². The fraction of sp³-hybridized carbons (Fsp3) is 0.417. The largest absolute Gasteiger partial charge is 0.376 e. The molecule has 16 heavy (non-hydrogen) atoms. The number of nitrogens with zero attached hydrogens (tertiary/aromatic N) is 1. The summed E-state index contributed by atoms with van der Waals surface area (Å²) >= 11 is 1.73. The predicted octanol–water partition coefficient (Wildman–Crippen LogP) is 1.90. The van der Waals surface area contributed by atoms with Crippen molar-refractivity contribution in [2.45, 2.75) is 6.61 Å². The third-order valence-electron chi connectivity index (χ3n) is 2.22. The molecule has 0 aliphatic carbocycles. The van der Waals surface area contributed by atoms with Crippen molar-refractivity contribution >= 4 is 16.9 Å². The van der Waals surface area contributed by atoms with Gasteiger partial charge in [0.25, 0.3) is 0 Å². The van der Waals surface area contributed by atoms with Crippen LogP contribution >= 0.6 is 11.8 Å². The molecule has 0 atom stereocenters. The molecule has 2 rings (SSSR count). The third-order valence-corrected chi connectivity index (χ3v) is 3.14. The van der Waals surface area contributed by atoms with Crippen molar-refractivity contribution < 1.29 is 4.74 Å². The van der Waals surface area contributed by atoms with E-state index in [1.54, 1.807) is 11.8 Å². The first-order chi connectivity index (χ1) is 7.95. The molecule has 1 aromatic rings. The van der Waals surface area contributed by atoms with Crippen molar-refractivity contribution in [3.63, 3.8) is 0 Å². The van der Waals surface area contributed by atoms with Gasteiger partial charge in [0.2, 0.25) is 0 Å². The van der Waals surface area contributed by atoms with Gasteiger partial charge in [0.1, 0.15) is 0 Å². The molecule has 3 nitrogen and oxygen atoms in total. The Labute approximate surface area is 100 Å². The molecule has 0 saturated carbocycles. The van der Waals surface area contributed by atoms with Gasteiger partial charge in [0.15, 0.2) is 5.17 Å². The monoisotopic (exact) mass is 236 g/mol. The molecule has 1 aliphatic rings. The average Bonchev–Trinajstić information content (AvgIpc) is 2.83. The van der Waals surface area contributed by atoms with Gasteiger partial charge < -0.3 is 10.1 Å². The van der Waals surface area contributed by atoms with Crippen LogP contribution in [0.5, 0.6) is 0 Å². The molecule has 1 aliphatic heterocycles. The summed E-state index contributed by atoms with van der Waals surface area (Å²) in [7, 11) is 0. The second kappa shape index (κ2) is 6.55. The molecule has 1 aromatic carbocycles. The minimum Gasteiger partial charge on any atom is -0.376 e. The highest BCUT2D eigenvalue weighted by atomic mass is 32.2. The van der Waals surface area contributed by atoms with Crippen LogP contribution in [0.25, 0.3) is 0 Å². The molecule has 0 saturated heterocycles. The van der Waals surface area contributed by atoms with Crippen LogP contribution in [0.3, 0.4) is 0 Å². The predicted molar refractivity (Wildman–Crippen MR) is 68.9 cm³/mol. The average molecular weight is 236 g/mol. The second-order valence-corrected chi connectivity index (χ2v) is 4.58. The Balaban J connectivity index is 1.55. The lowest BCUT2D eigenvalue weighted by Gasteiger charge is -2.04. The van der Waals surface area contributed by atoms with Gasteiger partial charge in [-0.25, -0.2) is 0 Å². The van der Waals surface area contributed by atoms with Crippen LogP contribution in [0.4, 0.5) is 0 Å². The Kier molecular flexibility index (Phi) is 4.70. The van der Waals surface area contributed by atoms with Crippen LogP contribution < -0.4 is 5.32 Å². The van der Waals surface area contributed by atoms with E-state index in [4.69, 9.17) is 4.74 Å². The Bertz CT molecular complexity index is 340. The van der Waals surface area contributed by atoms with E-state index in [9.17, 15) is 0 Å². The van der Waals surface area contributed by atoms with Crippen molar-refractivity contribution in [1.29, 1.82) is 0 Å². The van der Waals surface area contributed by atoms with Gasteiger partial charge in [-0.2, -0.15) is 0 Å². The van der Waals surface area contributed by atoms with Gasteiger partial charge in [0.05, 0.1) is 19.8 Å². The molecule has 0 spiro atoms. The molecular weight excluding hydrogens is 220 g/mol. The van der Waals surface area contributed by atoms with Crippen LogP contribution in [-0.4, -0.2) is 30.6 Å². The van der Waals surface area contributed by atoms with Crippen LogP contribution in [0.15, 0.2) is 35.3 Å². The van der Waals surface area contributed by atoms with Gasteiger partial charge in [-0.1, -0.05) is 42.1 Å². The Morgan fingerprint density at radius 3 is 2.94 bits per heavy atom. The zero-order valence-corrected chi connectivity index (χ0v) is 10.0. The molecule has 1 heterocycles. The topological polar surface area (TPSA) is 33.6 Å². The lowest BCUT2D eigenvalue weighted by Crippen LogP contribution is -2.16. The highest BCUT2D eigenvalue weighted by Gasteiger charge is 2.04. The van der Waals surface area contributed by atoms with Crippen LogP contribution in [-0.2, 0) is 11.3 Å². The molecule has 0 unspecified atom stereocenters. The van der Waals surface area contributed by atoms with E-state index in [0.717, 1.165) is 30.6 Å². The van der Waals surface area contributed by atoms with Crippen LogP contribution in [0.2, 0.25) is 0 Å². The van der Waals surface area contributed by atoms with Crippen molar-refractivity contribution in [3.8, 4) is 0 Å². The first-order valence-electron chi connectivity index (χ1n) is 5.48. The highest BCUT2D eigenvalue weighted by Crippen LogP contribution is 2.06. The van der Waals surface area contributed by atoms with Gasteiger partial charge in [-0.3, -0.25) is 4.99 Å². The number of hydrogen-bond acceptors (Lipinski definition) is 4. The maximum absolute atomic E-state index is 5.58. The maximum atomic E-state index is 5.58. The van der Waals surface area contributed by atoms with Gasteiger partial charge in [0, 0.05) is 12.3 Å². The molecular formula is C12H16N2OS. The molecule has 0 bridgehead atoms. The smallest absolute Gasteiger partial charge is 0.156 e. The van der Waals surface area contributed by atoms with Crippen molar-refractivity contribution in [1.82, 2.24) is 5.32 Å². The second-order valence-electron chi connectivity index (χ2n) is 3.50. The summed E-state index contributed by atoms with van der Waals surface area (Å²) in [6.45, 7) is 3.35. The fourth-order valence-corrected chi connectivity index (χ4v) is 2.22. The lowest BCUT2D eigenvalue weighted by atomic mass is 10.2. The van der Waals surface area contributed by atoms with Gasteiger partial charge in [-0.15, -0.1) is 0 Å². The number of hydrogen-bond donors (Lipinski definition) is 1. The maximum Gasteiger partial charge on any atom is 0.156 e. The van der Waals surface area contributed by atoms with Crippen LogP contribution in [0, 0.1) is 0 Å². The summed E-state index contributed by atoms with van der Waals surface area (Å²) in [6, 6.07) is 10.2. The van der Waals surface area contributed by atoms with Crippen molar-refractivity contribution in [2.75, 3.05) is 25.4 Å². The fourth-order valence-electron chi connectivity index (χ4n) is 1.43. The zero-order chi connectivity index (χ0) is 11.1. The Morgan fingerprint density at radius 2 is 2.19 bits per heavy atom. The van der Waals surface area contributed by atoms with E-state index in [1.807, 2.05) is 18.2 Å². The number of aliphatic imine (C=N–C) groups is 1. The Hall–Kier alpha value is -1.00. The number of nitrogens with one attached hydrogen (secondary N) is 1.